The number of aromatic nitrogens is 2. The molecular weight excluding hydrogens is 274 g/mol. The zero-order valence-electron chi connectivity index (χ0n) is 12.6. The molecule has 0 bridgehead atoms. The quantitative estimate of drug-likeness (QED) is 0.806. The molecule has 0 aliphatic carbocycles. The third-order valence-electron chi connectivity index (χ3n) is 3.59. The van der Waals surface area contributed by atoms with E-state index in [1.54, 1.807) is 12.4 Å². The third-order valence-corrected chi connectivity index (χ3v) is 3.59. The molecule has 110 valence electrons. The van der Waals surface area contributed by atoms with E-state index in [1.807, 2.05) is 44.2 Å². The summed E-state index contributed by atoms with van der Waals surface area (Å²) in [5.41, 5.74) is 4.43. The lowest BCUT2D eigenvalue weighted by Gasteiger charge is -2.09. The predicted octanol–water partition coefficient (Wildman–Crippen LogP) is 3.18. The highest BCUT2D eigenvalue weighted by atomic mass is 16.1. The van der Waals surface area contributed by atoms with Crippen LogP contribution in [-0.2, 0) is 6.54 Å². The van der Waals surface area contributed by atoms with E-state index in [9.17, 15) is 4.79 Å². The summed E-state index contributed by atoms with van der Waals surface area (Å²) in [7, 11) is 0. The number of benzene rings is 1. The van der Waals surface area contributed by atoms with Crippen molar-refractivity contribution < 1.29 is 4.79 Å². The standard InChI is InChI=1S/C18H17N3O/c1-12-4-3-5-14(8-12)10-20-18(22)16-9-15-11-19-7-6-17(15)21-13(16)2/h3-9,11H,10H2,1-2H3,(H,20,22). The van der Waals surface area contributed by atoms with Crippen molar-refractivity contribution in [2.75, 3.05) is 0 Å². The molecule has 0 aliphatic heterocycles. The highest BCUT2D eigenvalue weighted by Gasteiger charge is 2.11. The van der Waals surface area contributed by atoms with Crippen LogP contribution in [0.2, 0.25) is 0 Å². The molecule has 0 unspecified atom stereocenters. The van der Waals surface area contributed by atoms with Gasteiger partial charge in [-0.1, -0.05) is 29.8 Å². The summed E-state index contributed by atoms with van der Waals surface area (Å²) in [6, 6.07) is 11.8. The number of rotatable bonds is 3. The molecule has 0 saturated heterocycles. The van der Waals surface area contributed by atoms with E-state index in [0.717, 1.165) is 22.2 Å². The third kappa shape index (κ3) is 2.96. The number of hydrogen-bond acceptors (Lipinski definition) is 3. The molecule has 0 atom stereocenters. The van der Waals surface area contributed by atoms with E-state index in [0.29, 0.717) is 12.1 Å². The molecule has 0 saturated carbocycles. The van der Waals surface area contributed by atoms with Crippen LogP contribution in [0.1, 0.15) is 27.2 Å². The molecule has 3 aromatic rings. The minimum absolute atomic E-state index is 0.114. The molecule has 0 radical (unpaired) electrons. The SMILES string of the molecule is Cc1cccc(CNC(=O)c2cc3cnccc3nc2C)c1. The Morgan fingerprint density at radius 3 is 2.86 bits per heavy atom. The van der Waals surface area contributed by atoms with Gasteiger partial charge in [-0.3, -0.25) is 14.8 Å². The van der Waals surface area contributed by atoms with E-state index >= 15 is 0 Å². The van der Waals surface area contributed by atoms with Gasteiger partial charge in [0.05, 0.1) is 16.8 Å². The number of aryl methyl sites for hydroxylation is 2. The van der Waals surface area contributed by atoms with Crippen LogP contribution in [0.4, 0.5) is 0 Å². The van der Waals surface area contributed by atoms with Crippen LogP contribution >= 0.6 is 0 Å². The Morgan fingerprint density at radius 1 is 1.18 bits per heavy atom. The van der Waals surface area contributed by atoms with Crippen molar-refractivity contribution in [3.63, 3.8) is 0 Å². The minimum atomic E-state index is -0.114. The van der Waals surface area contributed by atoms with Crippen molar-refractivity contribution in [3.8, 4) is 0 Å². The van der Waals surface area contributed by atoms with Gasteiger partial charge in [0, 0.05) is 24.3 Å². The first-order valence-electron chi connectivity index (χ1n) is 7.18. The fourth-order valence-corrected chi connectivity index (χ4v) is 2.44. The van der Waals surface area contributed by atoms with Crippen molar-refractivity contribution in [2.24, 2.45) is 0 Å². The second-order valence-corrected chi connectivity index (χ2v) is 5.36. The Labute approximate surface area is 129 Å². The van der Waals surface area contributed by atoms with Gasteiger partial charge in [0.2, 0.25) is 0 Å². The number of carbonyl (C=O) groups is 1. The van der Waals surface area contributed by atoms with Crippen LogP contribution in [0, 0.1) is 13.8 Å². The van der Waals surface area contributed by atoms with Gasteiger partial charge in [-0.25, -0.2) is 0 Å². The minimum Gasteiger partial charge on any atom is -0.348 e. The fourth-order valence-electron chi connectivity index (χ4n) is 2.44. The van der Waals surface area contributed by atoms with Gasteiger partial charge in [-0.05, 0) is 31.5 Å². The largest absolute Gasteiger partial charge is 0.348 e. The summed E-state index contributed by atoms with van der Waals surface area (Å²) >= 11 is 0. The Morgan fingerprint density at radius 2 is 2.05 bits per heavy atom. The van der Waals surface area contributed by atoms with Crippen LogP contribution in [0.25, 0.3) is 10.9 Å². The molecule has 0 spiro atoms. The van der Waals surface area contributed by atoms with Crippen LogP contribution in [0.15, 0.2) is 48.8 Å². The number of amides is 1. The topological polar surface area (TPSA) is 54.9 Å². The summed E-state index contributed by atoms with van der Waals surface area (Å²) in [5.74, 6) is -0.114. The van der Waals surface area contributed by atoms with Gasteiger partial charge in [-0.2, -0.15) is 0 Å². The lowest BCUT2D eigenvalue weighted by Crippen LogP contribution is -2.24. The second kappa shape index (κ2) is 5.93. The van der Waals surface area contributed by atoms with Gasteiger partial charge >= 0.3 is 0 Å². The van der Waals surface area contributed by atoms with Crippen molar-refractivity contribution in [1.82, 2.24) is 15.3 Å². The first-order chi connectivity index (χ1) is 10.6. The Bertz CT molecular complexity index is 843. The molecule has 0 fully saturated rings. The van der Waals surface area contributed by atoms with Crippen LogP contribution in [-0.4, -0.2) is 15.9 Å². The van der Waals surface area contributed by atoms with Gasteiger partial charge in [0.15, 0.2) is 0 Å². The van der Waals surface area contributed by atoms with Crippen LogP contribution in [0.3, 0.4) is 0 Å². The average molecular weight is 291 g/mol. The average Bonchev–Trinajstić information content (AvgIpc) is 2.52. The van der Waals surface area contributed by atoms with E-state index in [2.05, 4.69) is 21.4 Å². The molecule has 1 amide bonds. The monoisotopic (exact) mass is 291 g/mol. The summed E-state index contributed by atoms with van der Waals surface area (Å²) in [4.78, 5) is 20.9. The zero-order chi connectivity index (χ0) is 15.5. The van der Waals surface area contributed by atoms with E-state index < -0.39 is 0 Å². The lowest BCUT2D eigenvalue weighted by molar-refractivity contribution is 0.0950. The van der Waals surface area contributed by atoms with Gasteiger partial charge in [0.25, 0.3) is 5.91 Å². The maximum absolute atomic E-state index is 12.4. The molecule has 1 aromatic carbocycles. The highest BCUT2D eigenvalue weighted by Crippen LogP contribution is 2.15. The fraction of sp³-hybridized carbons (Fsp3) is 0.167. The predicted molar refractivity (Wildman–Crippen MR) is 86.6 cm³/mol. The molecule has 22 heavy (non-hydrogen) atoms. The highest BCUT2D eigenvalue weighted by molar-refractivity contribution is 5.98. The summed E-state index contributed by atoms with van der Waals surface area (Å²) in [5, 5.41) is 3.82. The van der Waals surface area contributed by atoms with Crippen molar-refractivity contribution in [2.45, 2.75) is 20.4 Å². The number of nitrogens with zero attached hydrogens (tertiary/aromatic N) is 2. The second-order valence-electron chi connectivity index (χ2n) is 5.36. The first kappa shape index (κ1) is 14.2. The Kier molecular flexibility index (Phi) is 3.83. The van der Waals surface area contributed by atoms with Gasteiger partial charge in [-0.15, -0.1) is 0 Å². The van der Waals surface area contributed by atoms with Crippen LogP contribution in [0.5, 0.6) is 0 Å². The molecule has 0 aliphatic rings. The number of hydrogen-bond donors (Lipinski definition) is 1. The van der Waals surface area contributed by atoms with E-state index in [4.69, 9.17) is 0 Å². The molecule has 4 nitrogen and oxygen atoms in total. The van der Waals surface area contributed by atoms with Crippen molar-refractivity contribution in [1.29, 1.82) is 0 Å². The summed E-state index contributed by atoms with van der Waals surface area (Å²) < 4.78 is 0. The van der Waals surface area contributed by atoms with E-state index in [-0.39, 0.29) is 5.91 Å². The molecule has 2 heterocycles. The van der Waals surface area contributed by atoms with Crippen molar-refractivity contribution in [3.05, 3.63) is 71.2 Å². The maximum atomic E-state index is 12.4. The molecule has 4 heteroatoms. The number of pyridine rings is 2. The number of carbonyl (C=O) groups excluding carboxylic acids is 1. The molecular formula is C18H17N3O. The molecule has 3 rings (SSSR count). The summed E-state index contributed by atoms with van der Waals surface area (Å²) in [6.07, 6.45) is 3.42. The van der Waals surface area contributed by atoms with E-state index in [1.165, 1.54) is 5.56 Å². The zero-order valence-corrected chi connectivity index (χ0v) is 12.6. The van der Waals surface area contributed by atoms with Gasteiger partial charge < -0.3 is 5.32 Å². The van der Waals surface area contributed by atoms with Gasteiger partial charge in [0.1, 0.15) is 0 Å². The van der Waals surface area contributed by atoms with Crippen LogP contribution < -0.4 is 5.32 Å². The molecule has 1 N–H and O–H groups in total. The Hall–Kier alpha value is -2.75. The molecule has 2 aromatic heterocycles. The Balaban J connectivity index is 1.81. The summed E-state index contributed by atoms with van der Waals surface area (Å²) in [6.45, 7) is 4.39. The number of fused-ring (bicyclic) bond motifs is 1. The normalized spacial score (nSPS) is 10.6. The maximum Gasteiger partial charge on any atom is 0.253 e. The lowest BCUT2D eigenvalue weighted by atomic mass is 10.1. The smallest absolute Gasteiger partial charge is 0.253 e. The first-order valence-corrected chi connectivity index (χ1v) is 7.18. The van der Waals surface area contributed by atoms with Crippen molar-refractivity contribution >= 4 is 16.8 Å². The number of nitrogens with one attached hydrogen (secondary N) is 1.